The molecule has 1 unspecified atom stereocenters. The van der Waals surface area contributed by atoms with Crippen LogP contribution in [-0.4, -0.2) is 42.4 Å². The second kappa shape index (κ2) is 9.55. The van der Waals surface area contributed by atoms with Crippen molar-refractivity contribution in [1.82, 2.24) is 4.90 Å². The van der Waals surface area contributed by atoms with E-state index in [9.17, 15) is 19.6 Å². The van der Waals surface area contributed by atoms with Crippen LogP contribution in [0.4, 0.5) is 5.00 Å². The minimum atomic E-state index is -0.514. The predicted octanol–water partition coefficient (Wildman–Crippen LogP) is 3.13. The largest absolute Gasteiger partial charge is 0.462 e. The van der Waals surface area contributed by atoms with Crippen molar-refractivity contribution >= 4 is 34.1 Å². The van der Waals surface area contributed by atoms with Gasteiger partial charge in [0.05, 0.1) is 18.1 Å². The summed E-state index contributed by atoms with van der Waals surface area (Å²) in [5.74, 6) is -1.38. The van der Waals surface area contributed by atoms with Crippen LogP contribution in [0.15, 0.2) is 30.3 Å². The quantitative estimate of drug-likeness (QED) is 0.687. The van der Waals surface area contributed by atoms with E-state index in [2.05, 4.69) is 5.32 Å². The van der Waals surface area contributed by atoms with Gasteiger partial charge in [-0.15, -0.1) is 11.3 Å². The highest BCUT2D eigenvalue weighted by Gasteiger charge is 2.35. The van der Waals surface area contributed by atoms with Crippen LogP contribution < -0.4 is 5.32 Å². The van der Waals surface area contributed by atoms with E-state index in [0.29, 0.717) is 28.5 Å². The highest BCUT2D eigenvalue weighted by Crippen LogP contribution is 2.34. The first-order valence-corrected chi connectivity index (χ1v) is 10.6. The molecule has 0 radical (unpaired) electrons. The van der Waals surface area contributed by atoms with Crippen molar-refractivity contribution in [2.45, 2.75) is 26.7 Å². The maximum Gasteiger partial charge on any atom is 0.348 e. The zero-order valence-electron chi connectivity index (χ0n) is 16.9. The van der Waals surface area contributed by atoms with Crippen LogP contribution in [0.3, 0.4) is 0 Å². The molecule has 1 aromatic heterocycles. The molecule has 2 heterocycles. The second-order valence-electron chi connectivity index (χ2n) is 7.06. The van der Waals surface area contributed by atoms with Crippen LogP contribution in [0.1, 0.15) is 39.7 Å². The number of hydrogen-bond donors (Lipinski definition) is 1. The Labute approximate surface area is 179 Å². The third-order valence-corrected chi connectivity index (χ3v) is 6.24. The number of hydrogen-bond acceptors (Lipinski definition) is 6. The summed E-state index contributed by atoms with van der Waals surface area (Å²) in [7, 11) is 0. The topological polar surface area (TPSA) is 99.5 Å². The molecule has 1 aromatic carbocycles. The van der Waals surface area contributed by atoms with E-state index in [4.69, 9.17) is 4.74 Å². The van der Waals surface area contributed by atoms with Crippen LogP contribution in [0.25, 0.3) is 0 Å². The second-order valence-corrected chi connectivity index (χ2v) is 8.08. The van der Waals surface area contributed by atoms with Gasteiger partial charge in [0.2, 0.25) is 11.8 Å². The molecule has 7 nitrogen and oxygen atoms in total. The van der Waals surface area contributed by atoms with Crippen molar-refractivity contribution in [2.75, 3.05) is 25.0 Å². The molecule has 156 valence electrons. The van der Waals surface area contributed by atoms with Gasteiger partial charge in [0.15, 0.2) is 0 Å². The molecule has 1 aliphatic rings. The minimum absolute atomic E-state index is 0.0545. The van der Waals surface area contributed by atoms with Crippen molar-refractivity contribution in [3.63, 3.8) is 0 Å². The van der Waals surface area contributed by atoms with Crippen LogP contribution in [0.5, 0.6) is 0 Å². The van der Waals surface area contributed by atoms with Gasteiger partial charge < -0.3 is 15.0 Å². The SMILES string of the molecule is CCOC(=O)c1sc(NC(=O)C2CC(=O)N(CCc3ccccc3)C2)c(C#N)c1C. The van der Waals surface area contributed by atoms with Crippen LogP contribution in [0, 0.1) is 24.2 Å². The first-order chi connectivity index (χ1) is 14.4. The van der Waals surface area contributed by atoms with Crippen molar-refractivity contribution in [2.24, 2.45) is 5.92 Å². The number of nitrogens with one attached hydrogen (secondary N) is 1. The number of nitrogens with zero attached hydrogens (tertiary/aromatic N) is 2. The van der Waals surface area contributed by atoms with Crippen LogP contribution in [0.2, 0.25) is 0 Å². The highest BCUT2D eigenvalue weighted by molar-refractivity contribution is 7.18. The zero-order chi connectivity index (χ0) is 21.7. The molecule has 2 amide bonds. The van der Waals surface area contributed by atoms with E-state index < -0.39 is 11.9 Å². The fourth-order valence-corrected chi connectivity index (χ4v) is 4.47. The summed E-state index contributed by atoms with van der Waals surface area (Å²) in [6.45, 7) is 4.48. The van der Waals surface area contributed by atoms with Gasteiger partial charge >= 0.3 is 5.97 Å². The number of carbonyl (C=O) groups is 3. The van der Waals surface area contributed by atoms with E-state index in [-0.39, 0.29) is 30.4 Å². The third-order valence-electron chi connectivity index (χ3n) is 5.05. The maximum absolute atomic E-state index is 12.8. The Kier molecular flexibility index (Phi) is 6.85. The molecule has 1 N–H and O–H groups in total. The molecule has 0 saturated carbocycles. The Balaban J connectivity index is 1.65. The third kappa shape index (κ3) is 4.69. The summed E-state index contributed by atoms with van der Waals surface area (Å²) in [4.78, 5) is 39.2. The number of ether oxygens (including phenoxy) is 1. The van der Waals surface area contributed by atoms with E-state index in [0.717, 1.165) is 23.3 Å². The molecule has 2 aromatic rings. The molecule has 8 heteroatoms. The van der Waals surface area contributed by atoms with E-state index >= 15 is 0 Å². The van der Waals surface area contributed by atoms with Crippen molar-refractivity contribution in [1.29, 1.82) is 5.26 Å². The van der Waals surface area contributed by atoms with Gasteiger partial charge in [0.1, 0.15) is 15.9 Å². The first kappa shape index (κ1) is 21.5. The zero-order valence-corrected chi connectivity index (χ0v) is 17.8. The van der Waals surface area contributed by atoms with Gasteiger partial charge in [-0.05, 0) is 31.4 Å². The van der Waals surface area contributed by atoms with Gasteiger partial charge in [0, 0.05) is 19.5 Å². The normalized spacial score (nSPS) is 15.7. The number of rotatable bonds is 7. The predicted molar refractivity (Wildman–Crippen MR) is 113 cm³/mol. The Bertz CT molecular complexity index is 994. The molecule has 1 aliphatic heterocycles. The van der Waals surface area contributed by atoms with Gasteiger partial charge in [-0.3, -0.25) is 9.59 Å². The fraction of sp³-hybridized carbons (Fsp3) is 0.364. The van der Waals surface area contributed by atoms with Gasteiger partial charge in [-0.1, -0.05) is 30.3 Å². The van der Waals surface area contributed by atoms with Crippen molar-refractivity contribution in [3.8, 4) is 6.07 Å². The summed E-state index contributed by atoms with van der Waals surface area (Å²) in [6.07, 6.45) is 0.865. The number of thiophene rings is 1. The first-order valence-electron chi connectivity index (χ1n) is 9.77. The number of anilines is 1. The average Bonchev–Trinajstić information content (AvgIpc) is 3.26. The number of amides is 2. The molecule has 1 atom stereocenters. The summed E-state index contributed by atoms with van der Waals surface area (Å²) in [6, 6.07) is 11.9. The smallest absolute Gasteiger partial charge is 0.348 e. The van der Waals surface area contributed by atoms with Crippen molar-refractivity contribution in [3.05, 3.63) is 51.9 Å². The van der Waals surface area contributed by atoms with Gasteiger partial charge in [-0.2, -0.15) is 5.26 Å². The van der Waals surface area contributed by atoms with Crippen LogP contribution in [-0.2, 0) is 20.7 Å². The van der Waals surface area contributed by atoms with E-state index in [1.54, 1.807) is 18.7 Å². The number of carbonyl (C=O) groups excluding carboxylic acids is 3. The molecule has 0 aliphatic carbocycles. The molecule has 1 fully saturated rings. The number of likely N-dealkylation sites (tertiary alicyclic amines) is 1. The number of esters is 1. The minimum Gasteiger partial charge on any atom is -0.462 e. The lowest BCUT2D eigenvalue weighted by atomic mass is 10.1. The van der Waals surface area contributed by atoms with Gasteiger partial charge in [-0.25, -0.2) is 4.79 Å². The average molecular weight is 426 g/mol. The standard InChI is InChI=1S/C22H23N3O4S/c1-3-29-22(28)19-14(2)17(12-23)21(30-19)24-20(27)16-11-18(26)25(13-16)10-9-15-7-5-4-6-8-15/h4-8,16H,3,9-11,13H2,1-2H3,(H,24,27). The lowest BCUT2D eigenvalue weighted by molar-refractivity contribution is -0.128. The van der Waals surface area contributed by atoms with Crippen molar-refractivity contribution < 1.29 is 19.1 Å². The van der Waals surface area contributed by atoms with E-state index in [1.165, 1.54) is 0 Å². The summed E-state index contributed by atoms with van der Waals surface area (Å²) >= 11 is 1.03. The molecular weight excluding hydrogens is 402 g/mol. The lowest BCUT2D eigenvalue weighted by Gasteiger charge is -2.16. The number of nitriles is 1. The molecule has 30 heavy (non-hydrogen) atoms. The Hall–Kier alpha value is -3.18. The monoisotopic (exact) mass is 425 g/mol. The molecular formula is C22H23N3O4S. The number of benzene rings is 1. The Morgan fingerprint density at radius 2 is 2.07 bits per heavy atom. The molecule has 0 spiro atoms. The summed E-state index contributed by atoms with van der Waals surface area (Å²) < 4.78 is 5.02. The molecule has 1 saturated heterocycles. The fourth-order valence-electron chi connectivity index (χ4n) is 3.41. The Morgan fingerprint density at radius 3 is 2.73 bits per heavy atom. The lowest BCUT2D eigenvalue weighted by Crippen LogP contribution is -2.30. The van der Waals surface area contributed by atoms with Gasteiger partial charge in [0.25, 0.3) is 0 Å². The highest BCUT2D eigenvalue weighted by atomic mass is 32.1. The molecule has 0 bridgehead atoms. The maximum atomic E-state index is 12.8. The molecule has 3 rings (SSSR count). The summed E-state index contributed by atoms with van der Waals surface area (Å²) in [5.41, 5.74) is 1.88. The van der Waals surface area contributed by atoms with Crippen LogP contribution >= 0.6 is 11.3 Å². The summed E-state index contributed by atoms with van der Waals surface area (Å²) in [5, 5.41) is 12.5. The van der Waals surface area contributed by atoms with E-state index in [1.807, 2.05) is 36.4 Å². The Morgan fingerprint density at radius 1 is 1.33 bits per heavy atom.